The summed E-state index contributed by atoms with van der Waals surface area (Å²) in [4.78, 5) is 13.7. The van der Waals surface area contributed by atoms with Crippen molar-refractivity contribution in [2.45, 2.75) is 52.8 Å². The molecule has 1 unspecified atom stereocenters. The van der Waals surface area contributed by atoms with E-state index in [9.17, 15) is 9.90 Å². The summed E-state index contributed by atoms with van der Waals surface area (Å²) in [6, 6.07) is 8.04. The van der Waals surface area contributed by atoms with Gasteiger partial charge in [-0.1, -0.05) is 12.1 Å². The molecule has 5 nitrogen and oxygen atoms in total. The third-order valence-electron chi connectivity index (χ3n) is 3.94. The second-order valence-corrected chi connectivity index (χ2v) is 6.68. The van der Waals surface area contributed by atoms with Gasteiger partial charge in [0.15, 0.2) is 5.78 Å². The highest BCUT2D eigenvalue weighted by Crippen LogP contribution is 2.14. The first-order valence-corrected chi connectivity index (χ1v) is 8.69. The standard InChI is InChI=1S/C19H32N2O3/c1-14(2)21(15(3)4)10-9-20-12-18(23)13-24-19-8-6-7-17(11-19)16(5)22/h6-8,11,14-15,18,20,23H,9-10,12-13H2,1-5H3. The number of aliphatic hydroxyl groups excluding tert-OH is 1. The normalized spacial score (nSPS) is 12.9. The molecule has 1 aromatic rings. The van der Waals surface area contributed by atoms with Gasteiger partial charge in [0, 0.05) is 37.3 Å². The molecule has 0 aliphatic heterocycles. The Labute approximate surface area is 146 Å². The number of nitrogens with zero attached hydrogens (tertiary/aromatic N) is 1. The maximum atomic E-state index is 11.3. The first-order valence-electron chi connectivity index (χ1n) is 8.69. The zero-order valence-electron chi connectivity index (χ0n) is 15.6. The quantitative estimate of drug-likeness (QED) is 0.480. The van der Waals surface area contributed by atoms with Crippen LogP contribution in [0.15, 0.2) is 24.3 Å². The summed E-state index contributed by atoms with van der Waals surface area (Å²) in [7, 11) is 0. The Hall–Kier alpha value is -1.43. The molecule has 0 spiro atoms. The van der Waals surface area contributed by atoms with Crippen LogP contribution < -0.4 is 10.1 Å². The minimum atomic E-state index is -0.586. The predicted octanol–water partition coefficient (Wildman–Crippen LogP) is 2.34. The number of carbonyl (C=O) groups is 1. The smallest absolute Gasteiger partial charge is 0.159 e. The third kappa shape index (κ3) is 7.43. The van der Waals surface area contributed by atoms with Crippen LogP contribution in [-0.2, 0) is 0 Å². The van der Waals surface area contributed by atoms with Gasteiger partial charge in [0.25, 0.3) is 0 Å². The van der Waals surface area contributed by atoms with Crippen LogP contribution in [0.4, 0.5) is 0 Å². The van der Waals surface area contributed by atoms with E-state index in [4.69, 9.17) is 4.74 Å². The molecule has 136 valence electrons. The van der Waals surface area contributed by atoms with Crippen molar-refractivity contribution in [2.75, 3.05) is 26.2 Å². The Bertz CT molecular complexity index is 495. The molecule has 1 atom stereocenters. The Morgan fingerprint density at radius 3 is 2.50 bits per heavy atom. The third-order valence-corrected chi connectivity index (χ3v) is 3.94. The Balaban J connectivity index is 2.28. The molecule has 0 fully saturated rings. The van der Waals surface area contributed by atoms with E-state index in [0.717, 1.165) is 13.1 Å². The highest BCUT2D eigenvalue weighted by atomic mass is 16.5. The number of hydrogen-bond acceptors (Lipinski definition) is 5. The number of Topliss-reactive ketones (excluding diaryl/α,β-unsaturated/α-hetero) is 1. The van der Waals surface area contributed by atoms with Gasteiger partial charge in [0.05, 0.1) is 0 Å². The van der Waals surface area contributed by atoms with Crippen molar-refractivity contribution >= 4 is 5.78 Å². The van der Waals surface area contributed by atoms with E-state index < -0.39 is 6.10 Å². The van der Waals surface area contributed by atoms with Gasteiger partial charge in [-0.05, 0) is 46.8 Å². The van der Waals surface area contributed by atoms with E-state index in [1.165, 1.54) is 6.92 Å². The van der Waals surface area contributed by atoms with Crippen LogP contribution in [0.1, 0.15) is 45.0 Å². The van der Waals surface area contributed by atoms with Gasteiger partial charge in [-0.3, -0.25) is 9.69 Å². The minimum absolute atomic E-state index is 0.00234. The van der Waals surface area contributed by atoms with Gasteiger partial charge in [0.2, 0.25) is 0 Å². The van der Waals surface area contributed by atoms with Crippen molar-refractivity contribution < 1.29 is 14.6 Å². The molecular formula is C19H32N2O3. The van der Waals surface area contributed by atoms with E-state index in [2.05, 4.69) is 37.9 Å². The van der Waals surface area contributed by atoms with Crippen molar-refractivity contribution in [3.8, 4) is 5.75 Å². The van der Waals surface area contributed by atoms with Crippen LogP contribution in [0, 0.1) is 0 Å². The molecule has 5 heteroatoms. The van der Waals surface area contributed by atoms with Crippen LogP contribution in [0.5, 0.6) is 5.75 Å². The number of ether oxygens (including phenoxy) is 1. The molecule has 0 radical (unpaired) electrons. The van der Waals surface area contributed by atoms with Crippen molar-refractivity contribution in [1.82, 2.24) is 10.2 Å². The van der Waals surface area contributed by atoms with Crippen molar-refractivity contribution in [3.05, 3.63) is 29.8 Å². The van der Waals surface area contributed by atoms with Crippen LogP contribution in [-0.4, -0.2) is 60.2 Å². The fourth-order valence-corrected chi connectivity index (χ4v) is 2.65. The van der Waals surface area contributed by atoms with E-state index in [0.29, 0.717) is 29.9 Å². The zero-order valence-corrected chi connectivity index (χ0v) is 15.6. The van der Waals surface area contributed by atoms with Gasteiger partial charge in [-0.25, -0.2) is 0 Å². The molecule has 0 bridgehead atoms. The number of ketones is 1. The second-order valence-electron chi connectivity index (χ2n) is 6.68. The molecule has 1 rings (SSSR count). The zero-order chi connectivity index (χ0) is 18.1. The van der Waals surface area contributed by atoms with Gasteiger partial charge < -0.3 is 15.2 Å². The van der Waals surface area contributed by atoms with Crippen LogP contribution in [0.25, 0.3) is 0 Å². The minimum Gasteiger partial charge on any atom is -0.491 e. The molecule has 2 N–H and O–H groups in total. The predicted molar refractivity (Wildman–Crippen MR) is 97.8 cm³/mol. The van der Waals surface area contributed by atoms with Gasteiger partial charge in [0.1, 0.15) is 18.5 Å². The highest BCUT2D eigenvalue weighted by molar-refractivity contribution is 5.94. The summed E-state index contributed by atoms with van der Waals surface area (Å²) in [5.74, 6) is 0.607. The first kappa shape index (κ1) is 20.6. The lowest BCUT2D eigenvalue weighted by Crippen LogP contribution is -2.43. The summed E-state index contributed by atoms with van der Waals surface area (Å²) in [5.41, 5.74) is 0.613. The lowest BCUT2D eigenvalue weighted by molar-refractivity contribution is 0.101. The van der Waals surface area contributed by atoms with E-state index in [1.807, 2.05) is 0 Å². The Kier molecular flexibility index (Phi) is 8.97. The monoisotopic (exact) mass is 336 g/mol. The van der Waals surface area contributed by atoms with Gasteiger partial charge in [-0.2, -0.15) is 0 Å². The summed E-state index contributed by atoms with van der Waals surface area (Å²) in [5, 5.41) is 13.3. The summed E-state index contributed by atoms with van der Waals surface area (Å²) in [6.07, 6.45) is -0.586. The molecular weight excluding hydrogens is 304 g/mol. The highest BCUT2D eigenvalue weighted by Gasteiger charge is 2.13. The summed E-state index contributed by atoms with van der Waals surface area (Å²) < 4.78 is 5.56. The lowest BCUT2D eigenvalue weighted by Gasteiger charge is -2.30. The number of rotatable bonds is 11. The summed E-state index contributed by atoms with van der Waals surface area (Å²) >= 11 is 0. The average molecular weight is 336 g/mol. The number of aliphatic hydroxyl groups is 1. The molecule has 0 aliphatic rings. The lowest BCUT2D eigenvalue weighted by atomic mass is 10.1. The topological polar surface area (TPSA) is 61.8 Å². The summed E-state index contributed by atoms with van der Waals surface area (Å²) in [6.45, 7) is 12.8. The van der Waals surface area contributed by atoms with E-state index in [1.54, 1.807) is 24.3 Å². The van der Waals surface area contributed by atoms with E-state index in [-0.39, 0.29) is 12.4 Å². The molecule has 0 aliphatic carbocycles. The number of hydrogen-bond donors (Lipinski definition) is 2. The molecule has 0 saturated heterocycles. The molecule has 0 saturated carbocycles. The van der Waals surface area contributed by atoms with Crippen molar-refractivity contribution in [3.63, 3.8) is 0 Å². The SMILES string of the molecule is CC(=O)c1cccc(OCC(O)CNCCN(C(C)C)C(C)C)c1. The fourth-order valence-electron chi connectivity index (χ4n) is 2.65. The molecule has 0 aromatic heterocycles. The molecule has 0 amide bonds. The maximum absolute atomic E-state index is 11.3. The maximum Gasteiger partial charge on any atom is 0.159 e. The van der Waals surface area contributed by atoms with Crippen molar-refractivity contribution in [2.24, 2.45) is 0 Å². The number of nitrogens with one attached hydrogen (secondary N) is 1. The molecule has 0 heterocycles. The first-order chi connectivity index (χ1) is 11.3. The van der Waals surface area contributed by atoms with Gasteiger partial charge in [-0.15, -0.1) is 0 Å². The molecule has 1 aromatic carbocycles. The van der Waals surface area contributed by atoms with E-state index >= 15 is 0 Å². The largest absolute Gasteiger partial charge is 0.491 e. The van der Waals surface area contributed by atoms with Crippen LogP contribution in [0.2, 0.25) is 0 Å². The number of benzene rings is 1. The Morgan fingerprint density at radius 2 is 1.92 bits per heavy atom. The fraction of sp³-hybridized carbons (Fsp3) is 0.632. The van der Waals surface area contributed by atoms with Crippen LogP contribution in [0.3, 0.4) is 0 Å². The van der Waals surface area contributed by atoms with Crippen molar-refractivity contribution in [1.29, 1.82) is 0 Å². The average Bonchev–Trinajstić information content (AvgIpc) is 2.52. The second kappa shape index (κ2) is 10.4. The molecule has 24 heavy (non-hydrogen) atoms. The van der Waals surface area contributed by atoms with Gasteiger partial charge >= 0.3 is 0 Å². The van der Waals surface area contributed by atoms with Crippen LogP contribution >= 0.6 is 0 Å². The number of carbonyl (C=O) groups excluding carboxylic acids is 1. The Morgan fingerprint density at radius 1 is 1.25 bits per heavy atom.